The molecule has 0 radical (unpaired) electrons. The number of carbonyl (C=O) groups excluding carboxylic acids is 1. The van der Waals surface area contributed by atoms with Crippen molar-refractivity contribution in [3.8, 4) is 0 Å². The number of nitrogens with one attached hydrogen (secondary N) is 2. The molecule has 0 bridgehead atoms. The Hall–Kier alpha value is -0.610. The lowest BCUT2D eigenvalue weighted by atomic mass is 9.90. The van der Waals surface area contributed by atoms with Gasteiger partial charge in [0.15, 0.2) is 0 Å². The first-order valence-corrected chi connectivity index (χ1v) is 5.65. The van der Waals surface area contributed by atoms with E-state index in [-0.39, 0.29) is 24.2 Å². The van der Waals surface area contributed by atoms with E-state index in [1.165, 1.54) is 0 Å². The fourth-order valence-corrected chi connectivity index (χ4v) is 1.72. The highest BCUT2D eigenvalue weighted by molar-refractivity contribution is 5.78. The van der Waals surface area contributed by atoms with Gasteiger partial charge in [-0.2, -0.15) is 0 Å². The zero-order chi connectivity index (χ0) is 11.3. The lowest BCUT2D eigenvalue weighted by Gasteiger charge is -2.35. The van der Waals surface area contributed by atoms with E-state index in [0.29, 0.717) is 0 Å². The van der Waals surface area contributed by atoms with E-state index >= 15 is 0 Å². The summed E-state index contributed by atoms with van der Waals surface area (Å²) in [6.45, 7) is 8.07. The van der Waals surface area contributed by atoms with E-state index in [2.05, 4.69) is 17.6 Å². The monoisotopic (exact) mass is 214 g/mol. The Bertz CT molecular complexity index is 211. The van der Waals surface area contributed by atoms with Gasteiger partial charge in [0.25, 0.3) is 0 Å². The van der Waals surface area contributed by atoms with Crippen molar-refractivity contribution in [3.63, 3.8) is 0 Å². The van der Waals surface area contributed by atoms with Gasteiger partial charge in [-0.3, -0.25) is 4.79 Å². The Morgan fingerprint density at radius 2 is 2.07 bits per heavy atom. The second-order valence-corrected chi connectivity index (χ2v) is 4.72. The minimum absolute atomic E-state index is 0.00639. The summed E-state index contributed by atoms with van der Waals surface area (Å²) >= 11 is 0. The molecular formula is C11H22N2O2. The van der Waals surface area contributed by atoms with Crippen LogP contribution in [0.3, 0.4) is 0 Å². The van der Waals surface area contributed by atoms with Gasteiger partial charge < -0.3 is 15.4 Å². The lowest BCUT2D eigenvalue weighted by Crippen LogP contribution is -2.53. The molecule has 2 N–H and O–H groups in total. The van der Waals surface area contributed by atoms with Gasteiger partial charge in [0.2, 0.25) is 5.91 Å². The number of amides is 1. The molecule has 0 aromatic rings. The molecule has 0 saturated carbocycles. The van der Waals surface area contributed by atoms with Gasteiger partial charge in [-0.05, 0) is 46.7 Å². The third-order valence-electron chi connectivity index (χ3n) is 2.70. The molecule has 1 heterocycles. The summed E-state index contributed by atoms with van der Waals surface area (Å²) in [5, 5.41) is 6.33. The third kappa shape index (κ3) is 4.62. The highest BCUT2D eigenvalue weighted by Gasteiger charge is 2.28. The number of hydrogen-bond donors (Lipinski definition) is 2. The molecule has 4 heteroatoms. The number of piperidine rings is 1. The molecule has 88 valence electrons. The van der Waals surface area contributed by atoms with Crippen LogP contribution in [0, 0.1) is 0 Å². The molecule has 1 aliphatic rings. The molecule has 1 rings (SSSR count). The van der Waals surface area contributed by atoms with Crippen molar-refractivity contribution in [2.75, 3.05) is 19.7 Å². The van der Waals surface area contributed by atoms with Crippen molar-refractivity contribution in [1.82, 2.24) is 10.6 Å². The fourth-order valence-electron chi connectivity index (χ4n) is 1.72. The number of hydrogen-bond acceptors (Lipinski definition) is 3. The van der Waals surface area contributed by atoms with E-state index in [1.54, 1.807) is 0 Å². The van der Waals surface area contributed by atoms with Crippen molar-refractivity contribution < 1.29 is 9.53 Å². The van der Waals surface area contributed by atoms with Gasteiger partial charge in [0, 0.05) is 5.54 Å². The SMILES string of the molecule is CC(C)OCC(=O)NC1(C)CCNCC1. The van der Waals surface area contributed by atoms with Crippen LogP contribution < -0.4 is 10.6 Å². The minimum Gasteiger partial charge on any atom is -0.369 e. The van der Waals surface area contributed by atoms with E-state index in [9.17, 15) is 4.79 Å². The Balaban J connectivity index is 2.29. The topological polar surface area (TPSA) is 50.4 Å². The van der Waals surface area contributed by atoms with E-state index in [0.717, 1.165) is 25.9 Å². The first kappa shape index (κ1) is 12.5. The zero-order valence-corrected chi connectivity index (χ0v) is 9.93. The van der Waals surface area contributed by atoms with Crippen LogP contribution in [0.4, 0.5) is 0 Å². The van der Waals surface area contributed by atoms with Crippen molar-refractivity contribution in [2.45, 2.75) is 45.3 Å². The van der Waals surface area contributed by atoms with Crippen molar-refractivity contribution >= 4 is 5.91 Å². The lowest BCUT2D eigenvalue weighted by molar-refractivity contribution is -0.129. The van der Waals surface area contributed by atoms with E-state index in [4.69, 9.17) is 4.74 Å². The molecule has 0 aromatic heterocycles. The Kier molecular flexibility index (Phi) is 4.54. The van der Waals surface area contributed by atoms with Crippen molar-refractivity contribution in [3.05, 3.63) is 0 Å². The summed E-state index contributed by atoms with van der Waals surface area (Å²) in [7, 11) is 0. The summed E-state index contributed by atoms with van der Waals surface area (Å²) in [5.41, 5.74) is -0.0529. The van der Waals surface area contributed by atoms with Crippen LogP contribution in [0.25, 0.3) is 0 Å². The second kappa shape index (κ2) is 5.47. The fraction of sp³-hybridized carbons (Fsp3) is 0.909. The first-order valence-electron chi connectivity index (χ1n) is 5.65. The predicted octanol–water partition coefficient (Wildman–Crippen LogP) is 0.670. The first-order chi connectivity index (χ1) is 7.02. The van der Waals surface area contributed by atoms with Crippen LogP contribution >= 0.6 is 0 Å². The van der Waals surface area contributed by atoms with Gasteiger partial charge >= 0.3 is 0 Å². The zero-order valence-electron chi connectivity index (χ0n) is 9.93. The van der Waals surface area contributed by atoms with Crippen LogP contribution in [-0.2, 0) is 9.53 Å². The molecule has 1 fully saturated rings. The average Bonchev–Trinajstić information content (AvgIpc) is 2.15. The number of rotatable bonds is 4. The van der Waals surface area contributed by atoms with Crippen LogP contribution in [0.15, 0.2) is 0 Å². The van der Waals surface area contributed by atoms with Crippen LogP contribution in [0.1, 0.15) is 33.6 Å². The Labute approximate surface area is 91.8 Å². The third-order valence-corrected chi connectivity index (χ3v) is 2.70. The van der Waals surface area contributed by atoms with Gasteiger partial charge in [0.1, 0.15) is 6.61 Å². The Morgan fingerprint density at radius 3 is 2.60 bits per heavy atom. The van der Waals surface area contributed by atoms with Crippen LogP contribution in [0.2, 0.25) is 0 Å². The maximum atomic E-state index is 11.6. The van der Waals surface area contributed by atoms with Crippen molar-refractivity contribution in [2.24, 2.45) is 0 Å². The van der Waals surface area contributed by atoms with Gasteiger partial charge in [-0.25, -0.2) is 0 Å². The molecule has 1 amide bonds. The molecular weight excluding hydrogens is 192 g/mol. The molecule has 0 aliphatic carbocycles. The Morgan fingerprint density at radius 1 is 1.47 bits per heavy atom. The second-order valence-electron chi connectivity index (χ2n) is 4.72. The average molecular weight is 214 g/mol. The molecule has 1 saturated heterocycles. The van der Waals surface area contributed by atoms with Gasteiger partial charge in [-0.15, -0.1) is 0 Å². The standard InChI is InChI=1S/C11H22N2O2/c1-9(2)15-8-10(14)13-11(3)4-6-12-7-5-11/h9,12H,4-8H2,1-3H3,(H,13,14). The highest BCUT2D eigenvalue weighted by Crippen LogP contribution is 2.16. The molecule has 0 spiro atoms. The highest BCUT2D eigenvalue weighted by atomic mass is 16.5. The quantitative estimate of drug-likeness (QED) is 0.723. The van der Waals surface area contributed by atoms with E-state index in [1.807, 2.05) is 13.8 Å². The van der Waals surface area contributed by atoms with E-state index < -0.39 is 0 Å². The molecule has 4 nitrogen and oxygen atoms in total. The molecule has 15 heavy (non-hydrogen) atoms. The summed E-state index contributed by atoms with van der Waals surface area (Å²) in [6.07, 6.45) is 2.08. The number of ether oxygens (including phenoxy) is 1. The van der Waals surface area contributed by atoms with Crippen molar-refractivity contribution in [1.29, 1.82) is 0 Å². The molecule has 0 atom stereocenters. The minimum atomic E-state index is -0.0529. The predicted molar refractivity (Wildman–Crippen MR) is 59.7 cm³/mol. The molecule has 0 aromatic carbocycles. The smallest absolute Gasteiger partial charge is 0.246 e. The van der Waals surface area contributed by atoms with Crippen LogP contribution in [0.5, 0.6) is 0 Å². The maximum absolute atomic E-state index is 11.6. The van der Waals surface area contributed by atoms with Crippen LogP contribution in [-0.4, -0.2) is 37.2 Å². The summed E-state index contributed by atoms with van der Waals surface area (Å²) in [6, 6.07) is 0. The van der Waals surface area contributed by atoms with Gasteiger partial charge in [-0.1, -0.05) is 0 Å². The molecule has 1 aliphatic heterocycles. The maximum Gasteiger partial charge on any atom is 0.246 e. The molecule has 0 unspecified atom stereocenters. The van der Waals surface area contributed by atoms with Gasteiger partial charge in [0.05, 0.1) is 6.10 Å². The summed E-state index contributed by atoms with van der Waals surface area (Å²) in [4.78, 5) is 11.6. The summed E-state index contributed by atoms with van der Waals surface area (Å²) in [5.74, 6) is -0.00639. The largest absolute Gasteiger partial charge is 0.369 e. The normalized spacial score (nSPS) is 20.3. The number of carbonyl (C=O) groups is 1. The summed E-state index contributed by atoms with van der Waals surface area (Å²) < 4.78 is 5.26.